The van der Waals surface area contributed by atoms with Crippen LogP contribution in [0.5, 0.6) is 5.75 Å². The summed E-state index contributed by atoms with van der Waals surface area (Å²) in [6.45, 7) is 0.199. The van der Waals surface area contributed by atoms with Gasteiger partial charge in [-0.05, 0) is 29.8 Å². The monoisotopic (exact) mass is 510 g/mol. The number of primary amides is 1. The van der Waals surface area contributed by atoms with Crippen LogP contribution in [0.4, 0.5) is 19.0 Å². The predicted octanol–water partition coefficient (Wildman–Crippen LogP) is 3.57. The summed E-state index contributed by atoms with van der Waals surface area (Å²) in [5.41, 5.74) is 12.1. The highest BCUT2D eigenvalue weighted by molar-refractivity contribution is 6.03. The van der Waals surface area contributed by atoms with Gasteiger partial charge in [-0.25, -0.2) is 4.98 Å². The number of ether oxygens (including phenoxy) is 1. The van der Waals surface area contributed by atoms with Crippen LogP contribution < -0.4 is 21.5 Å². The smallest absolute Gasteiger partial charge is 0.416 e. The molecule has 190 valence electrons. The molecule has 0 radical (unpaired) electrons. The fourth-order valence-corrected chi connectivity index (χ4v) is 3.65. The van der Waals surface area contributed by atoms with Crippen molar-refractivity contribution in [2.75, 3.05) is 12.8 Å². The molecule has 5 N–H and O–H groups in total. The van der Waals surface area contributed by atoms with Crippen molar-refractivity contribution in [2.45, 2.75) is 12.7 Å². The first-order valence-corrected chi connectivity index (χ1v) is 10.8. The second-order valence-electron chi connectivity index (χ2n) is 7.87. The van der Waals surface area contributed by atoms with E-state index in [1.807, 2.05) is 0 Å². The van der Waals surface area contributed by atoms with Crippen LogP contribution in [0.25, 0.3) is 17.1 Å². The number of nitrogen functional groups attached to an aromatic ring is 1. The number of nitrogens with zero attached hydrogens (tertiary/aromatic N) is 3. The highest BCUT2D eigenvalue weighted by Crippen LogP contribution is 2.32. The van der Waals surface area contributed by atoms with Crippen molar-refractivity contribution in [2.24, 2.45) is 5.73 Å². The fraction of sp³-hybridized carbons (Fsp3) is 0.120. The quantitative estimate of drug-likeness (QED) is 0.348. The standard InChI is InChI=1S/C25H21F3N6O3/c1-37-18-5-3-2-4-17(18)24(36)32-13-14-6-8-15(9-7-14)21-20(23(30)35)22(29)34(33-21)19-12-16(10-11-31-19)25(26,27)28/h2-12H,13,29H2,1H3,(H2,30,35)(H,32,36). The molecule has 4 rings (SSSR count). The molecule has 2 amide bonds. The number of para-hydroxylation sites is 1. The maximum absolute atomic E-state index is 13.2. The zero-order valence-corrected chi connectivity index (χ0v) is 19.4. The van der Waals surface area contributed by atoms with Crippen LogP contribution in [0.2, 0.25) is 0 Å². The first kappa shape index (κ1) is 25.2. The van der Waals surface area contributed by atoms with Crippen LogP contribution in [-0.2, 0) is 12.7 Å². The predicted molar refractivity (Wildman–Crippen MR) is 129 cm³/mol. The van der Waals surface area contributed by atoms with Crippen molar-refractivity contribution >= 4 is 17.6 Å². The fourth-order valence-electron chi connectivity index (χ4n) is 3.65. The molecule has 12 heteroatoms. The molecule has 9 nitrogen and oxygen atoms in total. The van der Waals surface area contributed by atoms with Crippen LogP contribution in [0.15, 0.2) is 66.9 Å². The summed E-state index contributed by atoms with van der Waals surface area (Å²) in [4.78, 5) is 28.6. The molecule has 0 fully saturated rings. The number of benzene rings is 2. The van der Waals surface area contributed by atoms with Crippen LogP contribution in [-0.4, -0.2) is 33.7 Å². The molecule has 2 aromatic carbocycles. The lowest BCUT2D eigenvalue weighted by Crippen LogP contribution is -2.23. The molecule has 0 atom stereocenters. The Morgan fingerprint density at radius 2 is 1.78 bits per heavy atom. The summed E-state index contributed by atoms with van der Waals surface area (Å²) in [7, 11) is 1.47. The van der Waals surface area contributed by atoms with Gasteiger partial charge in [0.2, 0.25) is 0 Å². The van der Waals surface area contributed by atoms with Gasteiger partial charge in [0, 0.05) is 18.3 Å². The molecular formula is C25H21F3N6O3. The molecule has 0 aliphatic heterocycles. The number of carbonyl (C=O) groups is 2. The second-order valence-corrected chi connectivity index (χ2v) is 7.87. The maximum atomic E-state index is 13.2. The number of nitrogens with one attached hydrogen (secondary N) is 1. The number of aromatic nitrogens is 3. The molecule has 0 saturated heterocycles. The minimum absolute atomic E-state index is 0.0776. The third kappa shape index (κ3) is 5.22. The van der Waals surface area contributed by atoms with Gasteiger partial charge in [-0.3, -0.25) is 9.59 Å². The lowest BCUT2D eigenvalue weighted by molar-refractivity contribution is -0.137. The molecule has 2 aromatic heterocycles. The van der Waals surface area contributed by atoms with Crippen LogP contribution >= 0.6 is 0 Å². The van der Waals surface area contributed by atoms with Gasteiger partial charge in [0.1, 0.15) is 22.8 Å². The zero-order chi connectivity index (χ0) is 26.7. The highest BCUT2D eigenvalue weighted by Gasteiger charge is 2.31. The maximum Gasteiger partial charge on any atom is 0.416 e. The van der Waals surface area contributed by atoms with Gasteiger partial charge < -0.3 is 21.5 Å². The highest BCUT2D eigenvalue weighted by atomic mass is 19.4. The van der Waals surface area contributed by atoms with Crippen LogP contribution in [0, 0.1) is 0 Å². The summed E-state index contributed by atoms with van der Waals surface area (Å²) < 4.78 is 45.6. The summed E-state index contributed by atoms with van der Waals surface area (Å²) >= 11 is 0. The lowest BCUT2D eigenvalue weighted by atomic mass is 10.0. The molecule has 4 aromatic rings. The first-order chi connectivity index (χ1) is 17.6. The number of amides is 2. The van der Waals surface area contributed by atoms with Gasteiger partial charge in [-0.15, -0.1) is 0 Å². The van der Waals surface area contributed by atoms with Crippen molar-refractivity contribution in [3.05, 3.63) is 89.1 Å². The number of methoxy groups -OCH3 is 1. The number of pyridine rings is 1. The summed E-state index contributed by atoms with van der Waals surface area (Å²) in [5.74, 6) is -1.26. The Morgan fingerprint density at radius 1 is 1.08 bits per heavy atom. The van der Waals surface area contributed by atoms with E-state index in [9.17, 15) is 22.8 Å². The number of nitrogens with two attached hydrogens (primary N) is 2. The first-order valence-electron chi connectivity index (χ1n) is 10.8. The molecule has 37 heavy (non-hydrogen) atoms. The van der Waals surface area contributed by atoms with Crippen molar-refractivity contribution in [3.8, 4) is 22.8 Å². The minimum Gasteiger partial charge on any atom is -0.496 e. The van der Waals surface area contributed by atoms with Crippen molar-refractivity contribution < 1.29 is 27.5 Å². The lowest BCUT2D eigenvalue weighted by Gasteiger charge is -2.09. The van der Waals surface area contributed by atoms with E-state index in [4.69, 9.17) is 16.2 Å². The number of rotatable bonds is 7. The topological polar surface area (TPSA) is 138 Å². The Balaban J connectivity index is 1.60. The molecule has 0 unspecified atom stereocenters. The Morgan fingerprint density at radius 3 is 2.43 bits per heavy atom. The van der Waals surface area contributed by atoms with Crippen LogP contribution in [0.1, 0.15) is 31.8 Å². The average molecular weight is 510 g/mol. The van der Waals surface area contributed by atoms with E-state index in [2.05, 4.69) is 15.4 Å². The van der Waals surface area contributed by atoms with E-state index in [0.717, 1.165) is 28.6 Å². The van der Waals surface area contributed by atoms with E-state index >= 15 is 0 Å². The number of alkyl halides is 3. The number of carbonyl (C=O) groups excluding carboxylic acids is 2. The molecule has 0 aliphatic carbocycles. The molecule has 2 heterocycles. The van der Waals surface area contributed by atoms with E-state index in [1.54, 1.807) is 48.5 Å². The largest absolute Gasteiger partial charge is 0.496 e. The van der Waals surface area contributed by atoms with Crippen molar-refractivity contribution in [3.63, 3.8) is 0 Å². The Labute approximate surface area is 208 Å². The molecule has 0 saturated carbocycles. The van der Waals surface area contributed by atoms with Gasteiger partial charge in [0.25, 0.3) is 11.8 Å². The van der Waals surface area contributed by atoms with E-state index in [-0.39, 0.29) is 35.3 Å². The van der Waals surface area contributed by atoms with Gasteiger partial charge in [0.15, 0.2) is 5.82 Å². The molecular weight excluding hydrogens is 489 g/mol. The van der Waals surface area contributed by atoms with E-state index in [1.165, 1.54) is 7.11 Å². The van der Waals surface area contributed by atoms with E-state index in [0.29, 0.717) is 16.9 Å². The normalized spacial score (nSPS) is 11.2. The van der Waals surface area contributed by atoms with Gasteiger partial charge >= 0.3 is 6.18 Å². The second kappa shape index (κ2) is 10.0. The minimum atomic E-state index is -4.61. The van der Waals surface area contributed by atoms with Gasteiger partial charge in [-0.2, -0.15) is 23.0 Å². The third-order valence-electron chi connectivity index (χ3n) is 5.49. The average Bonchev–Trinajstić information content (AvgIpc) is 3.24. The molecule has 0 spiro atoms. The Bertz CT molecular complexity index is 1470. The zero-order valence-electron chi connectivity index (χ0n) is 19.4. The van der Waals surface area contributed by atoms with Gasteiger partial charge in [0.05, 0.1) is 18.2 Å². The Hall–Kier alpha value is -4.87. The third-order valence-corrected chi connectivity index (χ3v) is 5.49. The summed E-state index contributed by atoms with van der Waals surface area (Å²) in [5, 5.41) is 7.03. The SMILES string of the molecule is COc1ccccc1C(=O)NCc1ccc(-c2nn(-c3cc(C(F)(F)F)ccn3)c(N)c2C(N)=O)cc1. The van der Waals surface area contributed by atoms with Crippen LogP contribution in [0.3, 0.4) is 0 Å². The van der Waals surface area contributed by atoms with Crippen molar-refractivity contribution in [1.29, 1.82) is 0 Å². The number of anilines is 1. The summed E-state index contributed by atoms with van der Waals surface area (Å²) in [6, 6.07) is 15.0. The van der Waals surface area contributed by atoms with E-state index < -0.39 is 17.6 Å². The van der Waals surface area contributed by atoms with Gasteiger partial charge in [-0.1, -0.05) is 36.4 Å². The number of hydrogen-bond acceptors (Lipinski definition) is 6. The number of hydrogen-bond donors (Lipinski definition) is 3. The number of halogens is 3. The molecule has 0 bridgehead atoms. The molecule has 0 aliphatic rings. The Kier molecular flexibility index (Phi) is 6.83. The summed E-state index contributed by atoms with van der Waals surface area (Å²) in [6.07, 6.45) is -3.64. The van der Waals surface area contributed by atoms with Crippen molar-refractivity contribution in [1.82, 2.24) is 20.1 Å².